The van der Waals surface area contributed by atoms with Gasteiger partial charge in [-0.15, -0.1) is 0 Å². The molecule has 2 N–H and O–H groups in total. The third kappa shape index (κ3) is 3.38. The summed E-state index contributed by atoms with van der Waals surface area (Å²) < 4.78 is 38.9. The molecule has 0 unspecified atom stereocenters. The van der Waals surface area contributed by atoms with Gasteiger partial charge < -0.3 is 10.3 Å². The summed E-state index contributed by atoms with van der Waals surface area (Å²) in [4.78, 5) is 18.3. The van der Waals surface area contributed by atoms with Gasteiger partial charge in [0.25, 0.3) is 5.91 Å². The second-order valence-corrected chi connectivity index (χ2v) is 4.86. The first-order valence-electron chi connectivity index (χ1n) is 5.50. The van der Waals surface area contributed by atoms with Crippen molar-refractivity contribution < 1.29 is 18.0 Å². The summed E-state index contributed by atoms with van der Waals surface area (Å²) in [6.45, 7) is 0.0756. The molecular formula is C12H9BrF3N3O. The molecule has 0 radical (unpaired) electrons. The van der Waals surface area contributed by atoms with Gasteiger partial charge in [0.2, 0.25) is 0 Å². The molecule has 1 aromatic carbocycles. The van der Waals surface area contributed by atoms with E-state index in [4.69, 9.17) is 0 Å². The fourth-order valence-corrected chi connectivity index (χ4v) is 1.96. The fraction of sp³-hybridized carbons (Fsp3) is 0.167. The average molecular weight is 348 g/mol. The topological polar surface area (TPSA) is 57.8 Å². The van der Waals surface area contributed by atoms with Gasteiger partial charge in [-0.3, -0.25) is 4.79 Å². The van der Waals surface area contributed by atoms with Crippen molar-refractivity contribution in [2.45, 2.75) is 12.7 Å². The van der Waals surface area contributed by atoms with Crippen LogP contribution in [0.4, 0.5) is 13.2 Å². The Labute approximate surface area is 120 Å². The van der Waals surface area contributed by atoms with Crippen LogP contribution in [0.25, 0.3) is 0 Å². The Morgan fingerprint density at radius 3 is 2.75 bits per heavy atom. The van der Waals surface area contributed by atoms with Crippen molar-refractivity contribution >= 4 is 21.8 Å². The third-order valence-electron chi connectivity index (χ3n) is 2.53. The predicted octanol–water partition coefficient (Wildman–Crippen LogP) is 3.12. The standard InChI is InChI=1S/C12H9BrF3N3O/c13-7-1-2-9(10(3-7)12(14,15)16)11(20)18-5-8-4-17-6-19-8/h1-4,6H,5H2,(H,17,19)(H,18,20). The summed E-state index contributed by atoms with van der Waals surface area (Å²) in [5, 5.41) is 2.41. The van der Waals surface area contributed by atoms with E-state index in [1.165, 1.54) is 18.6 Å². The molecule has 0 aliphatic carbocycles. The minimum absolute atomic E-state index is 0.0756. The van der Waals surface area contributed by atoms with Gasteiger partial charge in [0, 0.05) is 10.7 Å². The van der Waals surface area contributed by atoms with Gasteiger partial charge in [0.05, 0.1) is 29.7 Å². The van der Waals surface area contributed by atoms with Gasteiger partial charge in [-0.2, -0.15) is 13.2 Å². The second-order valence-electron chi connectivity index (χ2n) is 3.95. The van der Waals surface area contributed by atoms with Crippen LogP contribution in [-0.4, -0.2) is 15.9 Å². The molecule has 0 fully saturated rings. The van der Waals surface area contributed by atoms with Gasteiger partial charge in [-0.25, -0.2) is 4.98 Å². The largest absolute Gasteiger partial charge is 0.417 e. The number of carbonyl (C=O) groups excluding carboxylic acids is 1. The first-order valence-corrected chi connectivity index (χ1v) is 6.29. The van der Waals surface area contributed by atoms with Crippen molar-refractivity contribution in [1.29, 1.82) is 0 Å². The van der Waals surface area contributed by atoms with E-state index in [-0.39, 0.29) is 11.0 Å². The number of carbonyl (C=O) groups is 1. The number of nitrogens with one attached hydrogen (secondary N) is 2. The highest BCUT2D eigenvalue weighted by Gasteiger charge is 2.35. The maximum Gasteiger partial charge on any atom is 0.417 e. The molecule has 2 aromatic rings. The number of aromatic amines is 1. The molecular weight excluding hydrogens is 339 g/mol. The smallest absolute Gasteiger partial charge is 0.347 e. The number of imidazole rings is 1. The molecule has 1 amide bonds. The summed E-state index contributed by atoms with van der Waals surface area (Å²) in [5.74, 6) is -0.792. The van der Waals surface area contributed by atoms with Crippen LogP contribution in [0.1, 0.15) is 21.6 Å². The average Bonchev–Trinajstić information content (AvgIpc) is 2.88. The molecule has 0 atom stereocenters. The van der Waals surface area contributed by atoms with E-state index in [2.05, 4.69) is 31.2 Å². The van der Waals surface area contributed by atoms with Crippen LogP contribution < -0.4 is 5.32 Å². The van der Waals surface area contributed by atoms with Crippen LogP contribution in [0, 0.1) is 0 Å². The summed E-state index contributed by atoms with van der Waals surface area (Å²) in [6, 6.07) is 3.40. The Morgan fingerprint density at radius 2 is 2.15 bits per heavy atom. The Balaban J connectivity index is 2.21. The number of rotatable bonds is 3. The van der Waals surface area contributed by atoms with Crippen molar-refractivity contribution in [1.82, 2.24) is 15.3 Å². The molecule has 20 heavy (non-hydrogen) atoms. The maximum atomic E-state index is 12.9. The Kier molecular flexibility index (Phi) is 4.12. The zero-order valence-corrected chi connectivity index (χ0v) is 11.5. The Morgan fingerprint density at radius 1 is 1.40 bits per heavy atom. The molecule has 1 aromatic heterocycles. The molecule has 1 heterocycles. The molecule has 106 valence electrons. The van der Waals surface area contributed by atoms with Gasteiger partial charge in [0.15, 0.2) is 0 Å². The number of halogens is 4. The highest BCUT2D eigenvalue weighted by Crippen LogP contribution is 2.33. The predicted molar refractivity (Wildman–Crippen MR) is 68.9 cm³/mol. The summed E-state index contributed by atoms with van der Waals surface area (Å²) in [5.41, 5.74) is -0.793. The number of nitrogens with zero attached hydrogens (tertiary/aromatic N) is 1. The lowest BCUT2D eigenvalue weighted by Gasteiger charge is -2.13. The molecule has 0 spiro atoms. The number of hydrogen-bond donors (Lipinski definition) is 2. The number of alkyl halides is 3. The van der Waals surface area contributed by atoms with E-state index in [0.717, 1.165) is 12.1 Å². The lowest BCUT2D eigenvalue weighted by molar-refractivity contribution is -0.138. The van der Waals surface area contributed by atoms with Gasteiger partial charge in [-0.05, 0) is 18.2 Å². The van der Waals surface area contributed by atoms with Crippen LogP contribution >= 0.6 is 15.9 Å². The maximum absolute atomic E-state index is 12.9. The highest BCUT2D eigenvalue weighted by atomic mass is 79.9. The minimum Gasteiger partial charge on any atom is -0.347 e. The molecule has 2 rings (SSSR count). The van der Waals surface area contributed by atoms with Crippen LogP contribution in [0.3, 0.4) is 0 Å². The normalized spacial score (nSPS) is 11.4. The first kappa shape index (κ1) is 14.6. The summed E-state index contributed by atoms with van der Waals surface area (Å²) in [6.07, 6.45) is -1.70. The quantitative estimate of drug-likeness (QED) is 0.896. The summed E-state index contributed by atoms with van der Waals surface area (Å²) >= 11 is 2.96. The van der Waals surface area contributed by atoms with Gasteiger partial charge >= 0.3 is 6.18 Å². The monoisotopic (exact) mass is 347 g/mol. The SMILES string of the molecule is O=C(NCc1cnc[nH]1)c1ccc(Br)cc1C(F)(F)F. The molecule has 0 saturated heterocycles. The van der Waals surface area contributed by atoms with E-state index in [9.17, 15) is 18.0 Å². The van der Waals surface area contributed by atoms with Gasteiger partial charge in [0.1, 0.15) is 0 Å². The van der Waals surface area contributed by atoms with Crippen molar-refractivity contribution in [3.05, 3.63) is 52.0 Å². The van der Waals surface area contributed by atoms with Crippen molar-refractivity contribution in [2.75, 3.05) is 0 Å². The number of H-pyrrole nitrogens is 1. The zero-order chi connectivity index (χ0) is 14.8. The van der Waals surface area contributed by atoms with Gasteiger partial charge in [-0.1, -0.05) is 15.9 Å². The lowest BCUT2D eigenvalue weighted by Crippen LogP contribution is -2.26. The Hall–Kier alpha value is -1.83. The minimum atomic E-state index is -4.59. The molecule has 0 bridgehead atoms. The van der Waals surface area contributed by atoms with Crippen LogP contribution in [-0.2, 0) is 12.7 Å². The van der Waals surface area contributed by atoms with E-state index in [1.807, 2.05) is 0 Å². The molecule has 0 saturated carbocycles. The van der Waals surface area contributed by atoms with Crippen molar-refractivity contribution in [3.8, 4) is 0 Å². The van der Waals surface area contributed by atoms with Crippen molar-refractivity contribution in [3.63, 3.8) is 0 Å². The van der Waals surface area contributed by atoms with E-state index in [0.29, 0.717) is 5.69 Å². The zero-order valence-electron chi connectivity index (χ0n) is 9.96. The lowest BCUT2D eigenvalue weighted by atomic mass is 10.1. The highest BCUT2D eigenvalue weighted by molar-refractivity contribution is 9.10. The van der Waals surface area contributed by atoms with E-state index >= 15 is 0 Å². The molecule has 0 aliphatic heterocycles. The summed E-state index contributed by atoms with van der Waals surface area (Å²) in [7, 11) is 0. The molecule has 0 aliphatic rings. The number of benzene rings is 1. The molecule has 4 nitrogen and oxygen atoms in total. The number of hydrogen-bond acceptors (Lipinski definition) is 2. The number of aromatic nitrogens is 2. The first-order chi connectivity index (χ1) is 9.38. The van der Waals surface area contributed by atoms with E-state index < -0.39 is 23.2 Å². The van der Waals surface area contributed by atoms with Crippen molar-refractivity contribution in [2.24, 2.45) is 0 Å². The van der Waals surface area contributed by atoms with Crippen LogP contribution in [0.2, 0.25) is 0 Å². The number of amides is 1. The van der Waals surface area contributed by atoms with E-state index in [1.54, 1.807) is 0 Å². The third-order valence-corrected chi connectivity index (χ3v) is 3.02. The molecule has 8 heteroatoms. The van der Waals surface area contributed by atoms with Crippen LogP contribution in [0.5, 0.6) is 0 Å². The fourth-order valence-electron chi connectivity index (χ4n) is 1.60. The Bertz CT molecular complexity index is 611. The van der Waals surface area contributed by atoms with Crippen LogP contribution in [0.15, 0.2) is 35.2 Å². The second kappa shape index (κ2) is 5.66.